The van der Waals surface area contributed by atoms with E-state index in [2.05, 4.69) is 27.6 Å². The second-order valence-corrected chi connectivity index (χ2v) is 10.1. The smallest absolute Gasteiger partial charge is 0.194 e. The third-order valence-electron chi connectivity index (χ3n) is 6.14. The molecule has 1 aliphatic rings. The molecule has 1 aliphatic heterocycles. The predicted molar refractivity (Wildman–Crippen MR) is 116 cm³/mol. The molecule has 11 heteroatoms. The van der Waals surface area contributed by atoms with Gasteiger partial charge < -0.3 is 19.5 Å². The fourth-order valence-electron chi connectivity index (χ4n) is 3.73. The highest BCUT2D eigenvalue weighted by Gasteiger charge is 2.48. The number of nitrogens with zero attached hydrogens (tertiary/aromatic N) is 4. The maximum absolute atomic E-state index is 12.6. The Kier molecular flexibility index (Phi) is 7.58. The first-order chi connectivity index (χ1) is 14.3. The van der Waals surface area contributed by atoms with E-state index >= 15 is 0 Å². The van der Waals surface area contributed by atoms with Gasteiger partial charge in [0.1, 0.15) is 29.1 Å². The molecule has 0 aromatic carbocycles. The zero-order valence-corrected chi connectivity index (χ0v) is 19.6. The van der Waals surface area contributed by atoms with Crippen LogP contribution in [0.1, 0.15) is 59.6 Å². The fourth-order valence-corrected chi connectivity index (χ4v) is 5.27. The lowest BCUT2D eigenvalue weighted by molar-refractivity contribution is -0.0674. The van der Waals surface area contributed by atoms with E-state index in [1.54, 1.807) is 4.57 Å². The average molecular weight is 459 g/mol. The molecule has 0 bridgehead atoms. The minimum absolute atomic E-state index is 0.0207. The molecule has 0 spiro atoms. The maximum Gasteiger partial charge on any atom is 0.194 e. The molecule has 3 unspecified atom stereocenters. The maximum atomic E-state index is 12.6. The van der Waals surface area contributed by atoms with Crippen molar-refractivity contribution in [2.24, 2.45) is 0 Å². The molecular weight excluding hydrogens is 427 g/mol. The van der Waals surface area contributed by atoms with E-state index in [4.69, 9.17) is 9.26 Å². The number of ether oxygens (including phenoxy) is 1. The molecule has 6 atom stereocenters. The summed E-state index contributed by atoms with van der Waals surface area (Å²) in [5, 5.41) is 21.8. The van der Waals surface area contributed by atoms with Crippen LogP contribution in [0.2, 0.25) is 0 Å². The van der Waals surface area contributed by atoms with E-state index in [0.29, 0.717) is 35.5 Å². The van der Waals surface area contributed by atoms with Gasteiger partial charge in [-0.15, -0.1) is 12.6 Å². The van der Waals surface area contributed by atoms with Crippen LogP contribution >= 0.6 is 20.7 Å². The van der Waals surface area contributed by atoms with Gasteiger partial charge in [0.05, 0.1) is 18.0 Å². The van der Waals surface area contributed by atoms with Crippen LogP contribution in [0.15, 0.2) is 17.7 Å². The molecule has 0 radical (unpaired) electrons. The molecule has 168 valence electrons. The van der Waals surface area contributed by atoms with E-state index in [9.17, 15) is 14.8 Å². The van der Waals surface area contributed by atoms with E-state index in [1.807, 2.05) is 27.7 Å². The predicted octanol–water partition coefficient (Wildman–Crippen LogP) is 2.97. The van der Waals surface area contributed by atoms with Crippen molar-refractivity contribution in [2.45, 2.75) is 94.2 Å². The monoisotopic (exact) mass is 458 g/mol. The number of fused-ring (bicyclic) bond motifs is 1. The minimum atomic E-state index is -2.25. The summed E-state index contributed by atoms with van der Waals surface area (Å²) in [6.45, 7) is 7.84. The Labute approximate surface area is 182 Å². The first-order valence-electron chi connectivity index (χ1n) is 10.4. The molecule has 2 aromatic rings. The lowest BCUT2D eigenvalue weighted by Crippen LogP contribution is -2.39. The van der Waals surface area contributed by atoms with E-state index < -0.39 is 38.2 Å². The van der Waals surface area contributed by atoms with Crippen molar-refractivity contribution >= 4 is 31.8 Å². The van der Waals surface area contributed by atoms with Gasteiger partial charge in [-0.3, -0.25) is 9.13 Å². The summed E-state index contributed by atoms with van der Waals surface area (Å²) in [4.78, 5) is 12.5. The van der Waals surface area contributed by atoms with Gasteiger partial charge >= 0.3 is 0 Å². The lowest BCUT2D eigenvalue weighted by Gasteiger charge is -2.35. The van der Waals surface area contributed by atoms with Crippen LogP contribution in [0.25, 0.3) is 11.2 Å². The first kappa shape index (κ1) is 23.6. The quantitative estimate of drug-likeness (QED) is 0.298. The third-order valence-corrected chi connectivity index (χ3v) is 8.32. The van der Waals surface area contributed by atoms with Crippen molar-refractivity contribution in [2.75, 3.05) is 0 Å². The number of rotatable bonds is 9. The van der Waals surface area contributed by atoms with Crippen LogP contribution < -0.4 is 0 Å². The molecule has 0 amide bonds. The Morgan fingerprint density at radius 1 is 1.27 bits per heavy atom. The number of aromatic nitrogens is 4. The summed E-state index contributed by atoms with van der Waals surface area (Å²) < 4.78 is 26.4. The normalized spacial score (nSPS) is 26.9. The van der Waals surface area contributed by atoms with Gasteiger partial charge in [0.2, 0.25) is 0 Å². The van der Waals surface area contributed by atoms with Gasteiger partial charge in [-0.2, -0.15) is 0 Å². The van der Waals surface area contributed by atoms with Crippen LogP contribution in [0.5, 0.6) is 0 Å². The standard InChI is InChI=1S/C19H31N4O5PS/c1-5-11(4)29(26)28-19(6-2,7-3)8-12-14(24)15(25)18(27-12)23-10-22-13-16(23)20-9-21-17(13)30/h9-12,14-15,18,24-25,29H,5-8H2,1-4H3,(H,20,21,30)/t11?,12-,14?,15-,18+/m1/s1. The number of aliphatic hydroxyl groups excluding tert-OH is 2. The van der Waals surface area contributed by atoms with Gasteiger partial charge in [-0.1, -0.05) is 27.7 Å². The van der Waals surface area contributed by atoms with Gasteiger partial charge in [-0.25, -0.2) is 15.0 Å². The summed E-state index contributed by atoms with van der Waals surface area (Å²) >= 11 is 4.28. The lowest BCUT2D eigenvalue weighted by atomic mass is 9.88. The van der Waals surface area contributed by atoms with Crippen molar-refractivity contribution in [1.82, 2.24) is 19.5 Å². The zero-order chi connectivity index (χ0) is 22.1. The molecule has 3 heterocycles. The summed E-state index contributed by atoms with van der Waals surface area (Å²) in [5.41, 5.74) is 0.230. The molecule has 1 saturated heterocycles. The van der Waals surface area contributed by atoms with Gasteiger partial charge in [0.15, 0.2) is 19.9 Å². The molecule has 9 nitrogen and oxygen atoms in total. The Morgan fingerprint density at radius 3 is 2.60 bits per heavy atom. The molecule has 3 rings (SSSR count). The number of hydrogen-bond acceptors (Lipinski definition) is 9. The molecule has 1 fully saturated rings. The molecule has 0 saturated carbocycles. The Bertz CT molecular complexity index is 893. The summed E-state index contributed by atoms with van der Waals surface area (Å²) in [5.74, 6) is 0. The van der Waals surface area contributed by atoms with Crippen LogP contribution in [0.4, 0.5) is 0 Å². The Hall–Kier alpha value is -1.03. The second-order valence-electron chi connectivity index (χ2n) is 7.89. The van der Waals surface area contributed by atoms with Gasteiger partial charge in [0.25, 0.3) is 0 Å². The first-order valence-corrected chi connectivity index (χ1v) is 12.2. The Balaban J connectivity index is 1.83. The SMILES string of the molecule is CCC(C)[PH](=O)OC(CC)(CC)C[C@H]1O[C@H](n2cnc3c(S)ncnc32)[C@H](O)C1O. The highest BCUT2D eigenvalue weighted by molar-refractivity contribution is 7.80. The molecule has 2 aromatic heterocycles. The third kappa shape index (κ3) is 4.45. The highest BCUT2D eigenvalue weighted by Crippen LogP contribution is 2.44. The van der Waals surface area contributed by atoms with Crippen molar-refractivity contribution in [3.63, 3.8) is 0 Å². The van der Waals surface area contributed by atoms with E-state index in [1.165, 1.54) is 12.7 Å². The van der Waals surface area contributed by atoms with Crippen LogP contribution in [0.3, 0.4) is 0 Å². The number of hydrogen-bond donors (Lipinski definition) is 3. The van der Waals surface area contributed by atoms with Crippen LogP contribution in [-0.2, 0) is 13.8 Å². The minimum Gasteiger partial charge on any atom is -0.388 e. The van der Waals surface area contributed by atoms with Crippen molar-refractivity contribution in [3.05, 3.63) is 12.7 Å². The summed E-state index contributed by atoms with van der Waals surface area (Å²) in [7, 11) is -2.25. The summed E-state index contributed by atoms with van der Waals surface area (Å²) in [6, 6.07) is 0. The van der Waals surface area contributed by atoms with E-state index in [0.717, 1.165) is 6.42 Å². The van der Waals surface area contributed by atoms with Crippen LogP contribution in [-0.4, -0.2) is 59.3 Å². The number of thiol groups is 1. The van der Waals surface area contributed by atoms with Crippen LogP contribution in [0, 0.1) is 0 Å². The Morgan fingerprint density at radius 2 is 1.97 bits per heavy atom. The largest absolute Gasteiger partial charge is 0.388 e. The van der Waals surface area contributed by atoms with Crippen molar-refractivity contribution < 1.29 is 24.0 Å². The topological polar surface area (TPSA) is 120 Å². The highest BCUT2D eigenvalue weighted by atomic mass is 32.1. The van der Waals surface area contributed by atoms with E-state index in [-0.39, 0.29) is 5.66 Å². The molecule has 30 heavy (non-hydrogen) atoms. The number of aliphatic hydroxyl groups is 2. The molecule has 2 N–H and O–H groups in total. The summed E-state index contributed by atoms with van der Waals surface area (Å²) in [6.07, 6.45) is 1.32. The molecule has 0 aliphatic carbocycles. The van der Waals surface area contributed by atoms with Crippen molar-refractivity contribution in [1.29, 1.82) is 0 Å². The zero-order valence-electron chi connectivity index (χ0n) is 17.7. The fraction of sp³-hybridized carbons (Fsp3) is 0.737. The average Bonchev–Trinajstić information content (AvgIpc) is 3.29. The van der Waals surface area contributed by atoms with Gasteiger partial charge in [0, 0.05) is 12.1 Å². The van der Waals surface area contributed by atoms with Gasteiger partial charge in [-0.05, 0) is 19.3 Å². The molecular formula is C19H31N4O5PS. The second kappa shape index (κ2) is 9.63. The van der Waals surface area contributed by atoms with Crippen molar-refractivity contribution in [3.8, 4) is 0 Å². The number of imidazole rings is 1.